The average Bonchev–Trinajstić information content (AvgIpc) is 3.32. The van der Waals surface area contributed by atoms with E-state index < -0.39 is 5.82 Å². The van der Waals surface area contributed by atoms with E-state index in [1.807, 2.05) is 17.7 Å². The van der Waals surface area contributed by atoms with E-state index in [4.69, 9.17) is 14.5 Å². The lowest BCUT2D eigenvalue weighted by Gasteiger charge is -2.20. The van der Waals surface area contributed by atoms with Gasteiger partial charge in [-0.2, -0.15) is 0 Å². The van der Waals surface area contributed by atoms with E-state index in [0.29, 0.717) is 23.1 Å². The predicted molar refractivity (Wildman–Crippen MR) is 102 cm³/mol. The summed E-state index contributed by atoms with van der Waals surface area (Å²) >= 11 is 0. The summed E-state index contributed by atoms with van der Waals surface area (Å²) in [6, 6.07) is 6.66. The third-order valence-corrected chi connectivity index (χ3v) is 5.17. The van der Waals surface area contributed by atoms with Gasteiger partial charge >= 0.3 is 0 Å². The van der Waals surface area contributed by atoms with Crippen LogP contribution < -0.4 is 14.8 Å². The number of aryl methyl sites for hydroxylation is 1. The molecule has 2 atom stereocenters. The smallest absolute Gasteiger partial charge is 0.241 e. The number of halogens is 1. The van der Waals surface area contributed by atoms with Crippen molar-refractivity contribution in [1.82, 2.24) is 19.9 Å². The van der Waals surface area contributed by atoms with Gasteiger partial charge in [-0.05, 0) is 44.2 Å². The van der Waals surface area contributed by atoms with Crippen molar-refractivity contribution in [3.05, 3.63) is 36.4 Å². The van der Waals surface area contributed by atoms with Crippen LogP contribution in [0.3, 0.4) is 0 Å². The third kappa shape index (κ3) is 3.35. The van der Waals surface area contributed by atoms with Crippen LogP contribution in [0.15, 0.2) is 30.6 Å². The number of hydrogen-bond donors (Lipinski definition) is 1. The van der Waals surface area contributed by atoms with Crippen molar-refractivity contribution < 1.29 is 13.9 Å². The zero-order chi connectivity index (χ0) is 19.0. The number of ether oxygens (including phenoxy) is 2. The maximum atomic E-state index is 14.2. The fourth-order valence-corrected chi connectivity index (χ4v) is 3.54. The summed E-state index contributed by atoms with van der Waals surface area (Å²) in [6.45, 7) is 4.03. The Morgan fingerprint density at radius 1 is 1.33 bits per heavy atom. The molecular formula is C20H23FN4O2. The summed E-state index contributed by atoms with van der Waals surface area (Å²) in [5.74, 6) is 0.748. The van der Waals surface area contributed by atoms with E-state index in [9.17, 15) is 4.39 Å². The summed E-state index contributed by atoms with van der Waals surface area (Å²) in [6.07, 6.45) is 2.84. The second-order valence-electron chi connectivity index (χ2n) is 6.96. The van der Waals surface area contributed by atoms with Crippen molar-refractivity contribution >= 4 is 11.0 Å². The lowest BCUT2D eigenvalue weighted by atomic mass is 10.0. The van der Waals surface area contributed by atoms with E-state index in [1.54, 1.807) is 18.5 Å². The van der Waals surface area contributed by atoms with Crippen LogP contribution in [-0.4, -0.2) is 40.8 Å². The zero-order valence-electron chi connectivity index (χ0n) is 15.7. The molecule has 4 rings (SSSR count). The van der Waals surface area contributed by atoms with Crippen LogP contribution in [0.4, 0.5) is 4.39 Å². The van der Waals surface area contributed by atoms with Crippen LogP contribution >= 0.6 is 0 Å². The number of nitrogens with zero attached hydrogens (tertiary/aromatic N) is 3. The maximum absolute atomic E-state index is 14.2. The minimum absolute atomic E-state index is 0.0217. The highest BCUT2D eigenvalue weighted by molar-refractivity contribution is 5.84. The van der Waals surface area contributed by atoms with Gasteiger partial charge in [0, 0.05) is 25.1 Å². The second kappa shape index (κ2) is 7.15. The maximum Gasteiger partial charge on any atom is 0.241 e. The monoisotopic (exact) mass is 370 g/mol. The summed E-state index contributed by atoms with van der Waals surface area (Å²) < 4.78 is 27.3. The minimum atomic E-state index is -0.425. The molecule has 0 spiro atoms. The molecule has 1 aromatic carbocycles. The van der Waals surface area contributed by atoms with Gasteiger partial charge in [0.25, 0.3) is 0 Å². The molecule has 142 valence electrons. The van der Waals surface area contributed by atoms with Gasteiger partial charge in [-0.1, -0.05) is 0 Å². The number of benzene rings is 1. The lowest BCUT2D eigenvalue weighted by Crippen LogP contribution is -2.26. The molecule has 2 aromatic heterocycles. The van der Waals surface area contributed by atoms with Gasteiger partial charge in [0.1, 0.15) is 11.6 Å². The number of fused-ring (bicyclic) bond motifs is 1. The second-order valence-corrected chi connectivity index (χ2v) is 6.96. The molecule has 3 aromatic rings. The van der Waals surface area contributed by atoms with Gasteiger partial charge in [-0.15, -0.1) is 0 Å². The normalized spacial score (nSPS) is 18.0. The quantitative estimate of drug-likeness (QED) is 0.748. The Balaban J connectivity index is 1.75. The van der Waals surface area contributed by atoms with Crippen LogP contribution in [-0.2, 0) is 7.05 Å². The number of imidazole rings is 1. The van der Waals surface area contributed by atoms with Crippen molar-refractivity contribution in [3.63, 3.8) is 0 Å². The van der Waals surface area contributed by atoms with E-state index in [0.717, 1.165) is 30.5 Å². The van der Waals surface area contributed by atoms with Crippen LogP contribution in [0.2, 0.25) is 0 Å². The van der Waals surface area contributed by atoms with Crippen LogP contribution in [0.5, 0.6) is 11.6 Å². The number of methoxy groups -OCH3 is 1. The van der Waals surface area contributed by atoms with Gasteiger partial charge in [-0.25, -0.2) is 14.4 Å². The van der Waals surface area contributed by atoms with Crippen molar-refractivity contribution in [1.29, 1.82) is 0 Å². The van der Waals surface area contributed by atoms with Crippen molar-refractivity contribution in [3.8, 4) is 22.9 Å². The molecule has 0 amide bonds. The van der Waals surface area contributed by atoms with Crippen LogP contribution in [0, 0.1) is 11.7 Å². The summed E-state index contributed by atoms with van der Waals surface area (Å²) in [5, 5.41) is 3.37. The molecule has 0 saturated carbocycles. The average molecular weight is 370 g/mol. The Kier molecular flexibility index (Phi) is 4.70. The van der Waals surface area contributed by atoms with Gasteiger partial charge in [0.15, 0.2) is 11.6 Å². The van der Waals surface area contributed by atoms with E-state index in [-0.39, 0.29) is 11.9 Å². The zero-order valence-corrected chi connectivity index (χ0v) is 15.7. The number of rotatable bonds is 5. The topological polar surface area (TPSA) is 61.2 Å². The molecule has 1 aliphatic heterocycles. The Labute approximate surface area is 157 Å². The van der Waals surface area contributed by atoms with E-state index >= 15 is 0 Å². The molecule has 0 bridgehead atoms. The fourth-order valence-electron chi connectivity index (χ4n) is 3.54. The molecule has 27 heavy (non-hydrogen) atoms. The lowest BCUT2D eigenvalue weighted by molar-refractivity contribution is 0.156. The largest absolute Gasteiger partial charge is 0.494 e. The van der Waals surface area contributed by atoms with Crippen molar-refractivity contribution in [2.75, 3.05) is 20.2 Å². The minimum Gasteiger partial charge on any atom is -0.494 e. The Bertz CT molecular complexity index is 966. The summed E-state index contributed by atoms with van der Waals surface area (Å²) in [7, 11) is 3.36. The Morgan fingerprint density at radius 2 is 2.19 bits per heavy atom. The number of nitrogens with one attached hydrogen (secondary N) is 1. The molecule has 0 radical (unpaired) electrons. The standard InChI is InChI=1S/C20H23FN4O2/c1-12(14-6-7-22-10-14)27-20-19-17(23-11-25(19)2)9-16(24-20)13-4-5-18(26-3)15(21)8-13/h4-5,8-9,11-12,14,22H,6-7,10H2,1-3H3/t12-,14-/m1/s1. The van der Waals surface area contributed by atoms with Gasteiger partial charge in [0.05, 0.1) is 24.6 Å². The third-order valence-electron chi connectivity index (χ3n) is 5.17. The highest BCUT2D eigenvalue weighted by atomic mass is 19.1. The summed E-state index contributed by atoms with van der Waals surface area (Å²) in [5.41, 5.74) is 2.88. The first-order valence-electron chi connectivity index (χ1n) is 9.10. The first-order valence-corrected chi connectivity index (χ1v) is 9.10. The van der Waals surface area contributed by atoms with Crippen molar-refractivity contribution in [2.24, 2.45) is 13.0 Å². The molecular weight excluding hydrogens is 347 g/mol. The highest BCUT2D eigenvalue weighted by Gasteiger charge is 2.25. The molecule has 0 unspecified atom stereocenters. The van der Waals surface area contributed by atoms with Gasteiger partial charge < -0.3 is 19.4 Å². The molecule has 6 nitrogen and oxygen atoms in total. The van der Waals surface area contributed by atoms with Gasteiger partial charge in [0.2, 0.25) is 5.88 Å². The molecule has 1 fully saturated rings. The highest BCUT2D eigenvalue weighted by Crippen LogP contribution is 2.32. The number of pyridine rings is 1. The van der Waals surface area contributed by atoms with Crippen LogP contribution in [0.25, 0.3) is 22.3 Å². The Hall–Kier alpha value is -2.67. The Morgan fingerprint density at radius 3 is 2.89 bits per heavy atom. The van der Waals surface area contributed by atoms with E-state index in [1.165, 1.54) is 13.2 Å². The van der Waals surface area contributed by atoms with Crippen molar-refractivity contribution in [2.45, 2.75) is 19.4 Å². The molecule has 1 N–H and O–H groups in total. The molecule has 1 aliphatic rings. The first kappa shape index (κ1) is 17.7. The number of aromatic nitrogens is 3. The summed E-state index contributed by atoms with van der Waals surface area (Å²) in [4.78, 5) is 9.14. The predicted octanol–water partition coefficient (Wildman–Crippen LogP) is 3.16. The van der Waals surface area contributed by atoms with Crippen LogP contribution in [0.1, 0.15) is 13.3 Å². The first-order chi connectivity index (χ1) is 13.1. The molecule has 1 saturated heterocycles. The van der Waals surface area contributed by atoms with E-state index in [2.05, 4.69) is 17.2 Å². The number of hydrogen-bond acceptors (Lipinski definition) is 5. The van der Waals surface area contributed by atoms with Gasteiger partial charge in [-0.3, -0.25) is 0 Å². The SMILES string of the molecule is COc1ccc(-c2cc3ncn(C)c3c(O[C@H](C)[C@@H]3CCNC3)n2)cc1F. The molecule has 7 heteroatoms. The molecule has 0 aliphatic carbocycles. The molecule has 3 heterocycles. The fraction of sp³-hybridized carbons (Fsp3) is 0.400.